The van der Waals surface area contributed by atoms with Gasteiger partial charge < -0.3 is 18.6 Å². The quantitative estimate of drug-likeness (QED) is 0.170. The van der Waals surface area contributed by atoms with Crippen LogP contribution in [0.25, 0.3) is 65.8 Å². The summed E-state index contributed by atoms with van der Waals surface area (Å²) in [5.41, 5.74) is 16.8. The van der Waals surface area contributed by atoms with Crippen molar-refractivity contribution in [1.82, 2.24) is 0 Å². The third kappa shape index (κ3) is 4.34. The van der Waals surface area contributed by atoms with Crippen molar-refractivity contribution in [3.05, 3.63) is 188 Å². The van der Waals surface area contributed by atoms with Crippen LogP contribution >= 0.6 is 0 Å². The van der Waals surface area contributed by atoms with Crippen LogP contribution < -0.4 is 26.2 Å². The number of nitrogens with zero attached hydrogens (tertiary/aromatic N) is 2. The summed E-state index contributed by atoms with van der Waals surface area (Å²) in [7, 11) is 0. The van der Waals surface area contributed by atoms with E-state index in [1.54, 1.807) is 0 Å². The van der Waals surface area contributed by atoms with Crippen LogP contribution in [0.4, 0.5) is 34.1 Å². The first-order valence-electron chi connectivity index (χ1n) is 19.5. The molecule has 0 fully saturated rings. The number of benzene rings is 9. The fourth-order valence-corrected chi connectivity index (χ4v) is 9.80. The molecule has 0 radical (unpaired) electrons. The minimum atomic E-state index is 0.0680. The molecular formula is C52H31BN2O2. The molecule has 57 heavy (non-hydrogen) atoms. The summed E-state index contributed by atoms with van der Waals surface area (Å²) in [5.74, 6) is 0. The first-order valence-corrected chi connectivity index (χ1v) is 19.5. The first kappa shape index (κ1) is 30.8. The number of fused-ring (bicyclic) bond motifs is 12. The third-order valence-corrected chi connectivity index (χ3v) is 12.2. The van der Waals surface area contributed by atoms with Gasteiger partial charge in [-0.05, 0) is 117 Å². The molecule has 0 spiro atoms. The molecule has 0 saturated heterocycles. The second-order valence-electron chi connectivity index (χ2n) is 15.2. The summed E-state index contributed by atoms with van der Waals surface area (Å²) in [6.45, 7) is 0.0680. The van der Waals surface area contributed by atoms with E-state index in [2.05, 4.69) is 186 Å². The molecule has 0 N–H and O–H groups in total. The number of para-hydroxylation sites is 3. The van der Waals surface area contributed by atoms with E-state index < -0.39 is 0 Å². The highest BCUT2D eigenvalue weighted by molar-refractivity contribution is 7.00. The first-order chi connectivity index (χ1) is 28.3. The lowest BCUT2D eigenvalue weighted by molar-refractivity contribution is 0.668. The number of hydrogen-bond donors (Lipinski definition) is 0. The zero-order chi connectivity index (χ0) is 37.2. The molecule has 0 atom stereocenters. The van der Waals surface area contributed by atoms with Gasteiger partial charge in [-0.2, -0.15) is 0 Å². The zero-order valence-corrected chi connectivity index (χ0v) is 30.7. The van der Waals surface area contributed by atoms with Gasteiger partial charge in [0.05, 0.1) is 0 Å². The van der Waals surface area contributed by atoms with Crippen molar-refractivity contribution in [2.75, 3.05) is 9.80 Å². The van der Waals surface area contributed by atoms with Crippen LogP contribution in [0.3, 0.4) is 0 Å². The molecule has 0 saturated carbocycles. The lowest BCUT2D eigenvalue weighted by Gasteiger charge is -2.44. The van der Waals surface area contributed by atoms with E-state index in [0.29, 0.717) is 0 Å². The summed E-state index contributed by atoms with van der Waals surface area (Å²) in [6.07, 6.45) is 0. The van der Waals surface area contributed by atoms with Gasteiger partial charge in [-0.15, -0.1) is 0 Å². The minimum absolute atomic E-state index is 0.0680. The predicted octanol–water partition coefficient (Wildman–Crippen LogP) is 12.4. The molecular weight excluding hydrogens is 695 g/mol. The van der Waals surface area contributed by atoms with Gasteiger partial charge >= 0.3 is 0 Å². The molecule has 5 heteroatoms. The lowest BCUT2D eigenvalue weighted by Crippen LogP contribution is -2.61. The highest BCUT2D eigenvalue weighted by atomic mass is 16.3. The van der Waals surface area contributed by atoms with E-state index in [1.165, 1.54) is 49.9 Å². The lowest BCUT2D eigenvalue weighted by atomic mass is 9.33. The monoisotopic (exact) mass is 726 g/mol. The Kier molecular flexibility index (Phi) is 6.22. The van der Waals surface area contributed by atoms with Crippen LogP contribution in [0.2, 0.25) is 0 Å². The largest absolute Gasteiger partial charge is 0.456 e. The molecule has 9 aromatic carbocycles. The van der Waals surface area contributed by atoms with E-state index in [4.69, 9.17) is 8.83 Å². The van der Waals surface area contributed by atoms with E-state index in [0.717, 1.165) is 66.4 Å². The van der Waals surface area contributed by atoms with Crippen molar-refractivity contribution >= 4 is 112 Å². The molecule has 11 aromatic rings. The fourth-order valence-electron chi connectivity index (χ4n) is 9.80. The van der Waals surface area contributed by atoms with Crippen LogP contribution in [0.5, 0.6) is 0 Å². The second-order valence-corrected chi connectivity index (χ2v) is 15.2. The summed E-state index contributed by atoms with van der Waals surface area (Å²) in [5, 5.41) is 6.95. The summed E-state index contributed by atoms with van der Waals surface area (Å²) in [6, 6.07) is 68.0. The van der Waals surface area contributed by atoms with Crippen LogP contribution in [0, 0.1) is 0 Å². The Morgan fingerprint density at radius 2 is 0.930 bits per heavy atom. The number of anilines is 6. The van der Waals surface area contributed by atoms with Gasteiger partial charge in [0.25, 0.3) is 6.71 Å². The second kappa shape index (κ2) is 11.5. The third-order valence-electron chi connectivity index (χ3n) is 12.2. The summed E-state index contributed by atoms with van der Waals surface area (Å²) in [4.78, 5) is 4.92. The van der Waals surface area contributed by atoms with Gasteiger partial charge in [0.15, 0.2) is 0 Å². The van der Waals surface area contributed by atoms with E-state index in [-0.39, 0.29) is 6.71 Å². The average molecular weight is 727 g/mol. The summed E-state index contributed by atoms with van der Waals surface area (Å²) >= 11 is 0. The van der Waals surface area contributed by atoms with Gasteiger partial charge in [-0.1, -0.05) is 109 Å². The molecule has 0 aliphatic carbocycles. The summed E-state index contributed by atoms with van der Waals surface area (Å²) < 4.78 is 12.6. The van der Waals surface area contributed by atoms with Crippen molar-refractivity contribution in [2.24, 2.45) is 0 Å². The van der Waals surface area contributed by atoms with E-state index in [9.17, 15) is 0 Å². The molecule has 4 nitrogen and oxygen atoms in total. The molecule has 0 amide bonds. The van der Waals surface area contributed by atoms with Crippen molar-refractivity contribution in [2.45, 2.75) is 0 Å². The Morgan fingerprint density at radius 3 is 1.75 bits per heavy atom. The van der Waals surface area contributed by atoms with Crippen LogP contribution in [0.15, 0.2) is 197 Å². The zero-order valence-electron chi connectivity index (χ0n) is 30.7. The Balaban J connectivity index is 1.01. The van der Waals surface area contributed by atoms with Crippen molar-refractivity contribution in [3.8, 4) is 11.1 Å². The normalized spacial score (nSPS) is 13.2. The Bertz CT molecular complexity index is 3470. The standard InChI is InChI=1S/C52H31BN2O2/c1-2-14-37-32(11-1)23-27-50-51(37)40-31-36(25-28-49(40)57-50)55-44-19-7-5-17-42(44)53-41-16-4-6-18-43(41)54(45-20-10-21-46(55)52(45)53)35-13-9-12-33(29-35)34-24-26-48-39(30-34)38-15-3-8-22-47(38)56-48/h1-31H. The number of rotatable bonds is 3. The van der Waals surface area contributed by atoms with Crippen molar-refractivity contribution in [1.29, 1.82) is 0 Å². The maximum Gasteiger partial charge on any atom is 0.252 e. The molecule has 0 unspecified atom stereocenters. The Morgan fingerprint density at radius 1 is 0.351 bits per heavy atom. The van der Waals surface area contributed by atoms with Crippen LogP contribution in [0.1, 0.15) is 0 Å². The molecule has 13 rings (SSSR count). The van der Waals surface area contributed by atoms with Gasteiger partial charge in [-0.25, -0.2) is 0 Å². The highest BCUT2D eigenvalue weighted by Gasteiger charge is 2.42. The van der Waals surface area contributed by atoms with E-state index in [1.807, 2.05) is 12.1 Å². The van der Waals surface area contributed by atoms with Gasteiger partial charge in [0, 0.05) is 55.7 Å². The highest BCUT2D eigenvalue weighted by Crippen LogP contribution is 2.46. The Labute approximate surface area is 328 Å². The predicted molar refractivity (Wildman–Crippen MR) is 238 cm³/mol. The molecule has 2 aliphatic heterocycles. The van der Waals surface area contributed by atoms with Crippen molar-refractivity contribution < 1.29 is 8.83 Å². The van der Waals surface area contributed by atoms with Crippen LogP contribution in [-0.2, 0) is 0 Å². The molecule has 4 heterocycles. The van der Waals surface area contributed by atoms with Crippen LogP contribution in [-0.4, -0.2) is 6.71 Å². The Hall–Kier alpha value is -7.50. The fraction of sp³-hybridized carbons (Fsp3) is 0. The molecule has 2 aromatic heterocycles. The minimum Gasteiger partial charge on any atom is -0.456 e. The van der Waals surface area contributed by atoms with Gasteiger partial charge in [-0.3, -0.25) is 0 Å². The number of hydrogen-bond acceptors (Lipinski definition) is 4. The smallest absolute Gasteiger partial charge is 0.252 e. The SMILES string of the molecule is c1cc(-c2ccc3oc4ccccc4c3c2)cc(N2c3ccccc3B3c4ccccc4N(c4ccc5oc6ccc7ccccc7c6c5c4)c4cccc2c43)c1. The van der Waals surface area contributed by atoms with Gasteiger partial charge in [0.2, 0.25) is 0 Å². The maximum absolute atomic E-state index is 6.45. The molecule has 264 valence electrons. The molecule has 2 aliphatic rings. The average Bonchev–Trinajstić information content (AvgIpc) is 3.84. The topological polar surface area (TPSA) is 32.8 Å². The van der Waals surface area contributed by atoms with E-state index >= 15 is 0 Å². The van der Waals surface area contributed by atoms with Crippen molar-refractivity contribution in [3.63, 3.8) is 0 Å². The molecule has 0 bridgehead atoms. The number of furan rings is 2. The van der Waals surface area contributed by atoms with Gasteiger partial charge in [0.1, 0.15) is 22.3 Å². The maximum atomic E-state index is 6.45.